The molecule has 0 radical (unpaired) electrons. The minimum absolute atomic E-state index is 0.0627. The normalized spacial score (nSPS) is 13.5. The molecule has 0 fully saturated rings. The van der Waals surface area contributed by atoms with Crippen molar-refractivity contribution < 1.29 is 19.1 Å². The minimum atomic E-state index is -1.01. The number of carbonyl (C=O) groups is 2. The Labute approximate surface area is 110 Å². The van der Waals surface area contributed by atoms with Crippen molar-refractivity contribution in [3.8, 4) is 0 Å². The highest BCUT2D eigenvalue weighted by Gasteiger charge is 2.21. The second-order valence-electron chi connectivity index (χ2n) is 4.45. The van der Waals surface area contributed by atoms with Gasteiger partial charge in [-0.25, -0.2) is 9.18 Å². The van der Waals surface area contributed by atoms with E-state index in [1.54, 1.807) is 26.0 Å². The summed E-state index contributed by atoms with van der Waals surface area (Å²) in [7, 11) is 0. The maximum atomic E-state index is 13.6. The Kier molecular flexibility index (Phi) is 4.86. The van der Waals surface area contributed by atoms with Crippen molar-refractivity contribution in [2.45, 2.75) is 26.8 Å². The molecule has 1 rings (SSSR count). The minimum Gasteiger partial charge on any atom is -0.481 e. The fraction of sp³-hybridized carbons (Fsp3) is 0.385. The first-order valence-corrected chi connectivity index (χ1v) is 5.88. The highest BCUT2D eigenvalue weighted by molar-refractivity contribution is 5.90. The van der Waals surface area contributed by atoms with Gasteiger partial charge in [-0.05, 0) is 32.4 Å². The van der Waals surface area contributed by atoms with Crippen molar-refractivity contribution in [3.05, 3.63) is 29.6 Å². The fourth-order valence-electron chi connectivity index (χ4n) is 1.45. The Morgan fingerprint density at radius 1 is 1.32 bits per heavy atom. The number of amides is 2. The SMILES string of the molecule is Cc1cccc(NC(=O)NC(C)C(C)C(=O)O)c1F. The number of hydrogen-bond acceptors (Lipinski definition) is 2. The molecule has 5 nitrogen and oxygen atoms in total. The molecule has 6 heteroatoms. The van der Waals surface area contributed by atoms with Crippen molar-refractivity contribution in [1.82, 2.24) is 5.32 Å². The third kappa shape index (κ3) is 3.94. The second-order valence-corrected chi connectivity index (χ2v) is 4.45. The van der Waals surface area contributed by atoms with Gasteiger partial charge in [0.05, 0.1) is 11.6 Å². The quantitative estimate of drug-likeness (QED) is 0.784. The molecule has 0 bridgehead atoms. The van der Waals surface area contributed by atoms with Gasteiger partial charge in [0.25, 0.3) is 0 Å². The third-order valence-corrected chi connectivity index (χ3v) is 2.94. The number of anilines is 1. The highest BCUT2D eigenvalue weighted by atomic mass is 19.1. The predicted molar refractivity (Wildman–Crippen MR) is 69.6 cm³/mol. The van der Waals surface area contributed by atoms with Crippen LogP contribution in [0.1, 0.15) is 19.4 Å². The lowest BCUT2D eigenvalue weighted by Gasteiger charge is -2.18. The molecule has 104 valence electrons. The number of urea groups is 1. The highest BCUT2D eigenvalue weighted by Crippen LogP contribution is 2.16. The van der Waals surface area contributed by atoms with Gasteiger partial charge in [-0.2, -0.15) is 0 Å². The molecule has 0 heterocycles. The second kappa shape index (κ2) is 6.17. The molecule has 0 spiro atoms. The summed E-state index contributed by atoms with van der Waals surface area (Å²) in [6, 6.07) is 3.45. The molecule has 2 unspecified atom stereocenters. The summed E-state index contributed by atoms with van der Waals surface area (Å²) >= 11 is 0. The number of hydrogen-bond donors (Lipinski definition) is 3. The van der Waals surface area contributed by atoms with Gasteiger partial charge in [-0.1, -0.05) is 12.1 Å². The van der Waals surface area contributed by atoms with Gasteiger partial charge < -0.3 is 15.7 Å². The zero-order valence-corrected chi connectivity index (χ0v) is 11.0. The first-order valence-electron chi connectivity index (χ1n) is 5.88. The number of aryl methyl sites for hydroxylation is 1. The van der Waals surface area contributed by atoms with Crippen LogP contribution in [-0.2, 0) is 4.79 Å². The summed E-state index contributed by atoms with van der Waals surface area (Å²) in [5.41, 5.74) is 0.484. The van der Waals surface area contributed by atoms with Gasteiger partial charge in [-0.3, -0.25) is 4.79 Å². The Balaban J connectivity index is 2.66. The number of carbonyl (C=O) groups excluding carboxylic acids is 1. The topological polar surface area (TPSA) is 78.4 Å². The van der Waals surface area contributed by atoms with E-state index in [0.29, 0.717) is 5.56 Å². The van der Waals surface area contributed by atoms with Crippen LogP contribution in [0.15, 0.2) is 18.2 Å². The molecule has 0 aliphatic rings. The summed E-state index contributed by atoms with van der Waals surface area (Å²) in [5.74, 6) is -2.24. The first kappa shape index (κ1) is 14.9. The van der Waals surface area contributed by atoms with Crippen LogP contribution < -0.4 is 10.6 Å². The van der Waals surface area contributed by atoms with Gasteiger partial charge in [-0.15, -0.1) is 0 Å². The molecular formula is C13H17FN2O3. The number of aliphatic carboxylic acids is 1. The molecule has 0 aliphatic heterocycles. The summed E-state index contributed by atoms with van der Waals surface area (Å²) in [5, 5.41) is 13.6. The lowest BCUT2D eigenvalue weighted by Crippen LogP contribution is -2.42. The van der Waals surface area contributed by atoms with Crippen molar-refractivity contribution in [2.75, 3.05) is 5.32 Å². The largest absolute Gasteiger partial charge is 0.481 e. The standard InChI is InChI=1S/C13H17FN2O3/c1-7-5-4-6-10(11(7)14)16-13(19)15-9(3)8(2)12(17)18/h4-6,8-9H,1-3H3,(H,17,18)(H2,15,16,19). The molecule has 19 heavy (non-hydrogen) atoms. The Bertz CT molecular complexity index is 491. The van der Waals surface area contributed by atoms with Crippen LogP contribution >= 0.6 is 0 Å². The molecule has 3 N–H and O–H groups in total. The zero-order chi connectivity index (χ0) is 14.6. The maximum Gasteiger partial charge on any atom is 0.319 e. The van der Waals surface area contributed by atoms with Crippen LogP contribution in [0.25, 0.3) is 0 Å². The Morgan fingerprint density at radius 3 is 2.53 bits per heavy atom. The van der Waals surface area contributed by atoms with Crippen molar-refractivity contribution >= 4 is 17.7 Å². The lowest BCUT2D eigenvalue weighted by molar-refractivity contribution is -0.141. The van der Waals surface area contributed by atoms with Crippen LogP contribution in [0.5, 0.6) is 0 Å². The molecule has 0 aliphatic carbocycles. The van der Waals surface area contributed by atoms with Gasteiger partial charge >= 0.3 is 12.0 Å². The van der Waals surface area contributed by atoms with E-state index in [1.807, 2.05) is 0 Å². The Morgan fingerprint density at radius 2 is 1.95 bits per heavy atom. The van der Waals surface area contributed by atoms with E-state index in [4.69, 9.17) is 5.11 Å². The van der Waals surface area contributed by atoms with Gasteiger partial charge in [0.1, 0.15) is 5.82 Å². The maximum absolute atomic E-state index is 13.6. The molecule has 0 aromatic heterocycles. The summed E-state index contributed by atoms with van der Waals surface area (Å²) in [6.07, 6.45) is 0. The molecule has 2 amide bonds. The van der Waals surface area contributed by atoms with Crippen molar-refractivity contribution in [2.24, 2.45) is 5.92 Å². The zero-order valence-electron chi connectivity index (χ0n) is 11.0. The van der Waals surface area contributed by atoms with E-state index < -0.39 is 29.8 Å². The van der Waals surface area contributed by atoms with Crippen LogP contribution in [0, 0.1) is 18.7 Å². The van der Waals surface area contributed by atoms with Gasteiger partial charge in [0.2, 0.25) is 0 Å². The molecule has 0 saturated carbocycles. The summed E-state index contributed by atoms with van der Waals surface area (Å²) in [6.45, 7) is 4.65. The van der Waals surface area contributed by atoms with Gasteiger partial charge in [0.15, 0.2) is 0 Å². The average Bonchev–Trinajstić information content (AvgIpc) is 2.33. The van der Waals surface area contributed by atoms with E-state index in [9.17, 15) is 14.0 Å². The van der Waals surface area contributed by atoms with E-state index in [1.165, 1.54) is 13.0 Å². The number of rotatable bonds is 4. The number of carboxylic acid groups (broad SMARTS) is 1. The van der Waals surface area contributed by atoms with E-state index in [-0.39, 0.29) is 5.69 Å². The smallest absolute Gasteiger partial charge is 0.319 e. The molecular weight excluding hydrogens is 251 g/mol. The van der Waals surface area contributed by atoms with E-state index >= 15 is 0 Å². The van der Waals surface area contributed by atoms with Crippen LogP contribution in [0.3, 0.4) is 0 Å². The Hall–Kier alpha value is -2.11. The lowest BCUT2D eigenvalue weighted by atomic mass is 10.0. The van der Waals surface area contributed by atoms with Crippen LogP contribution in [-0.4, -0.2) is 23.1 Å². The van der Waals surface area contributed by atoms with Gasteiger partial charge in [0, 0.05) is 6.04 Å². The summed E-state index contributed by atoms with van der Waals surface area (Å²) < 4.78 is 13.6. The van der Waals surface area contributed by atoms with E-state index in [2.05, 4.69) is 10.6 Å². The third-order valence-electron chi connectivity index (χ3n) is 2.94. The predicted octanol–water partition coefficient (Wildman–Crippen LogP) is 2.36. The number of benzene rings is 1. The molecule has 0 saturated heterocycles. The first-order chi connectivity index (χ1) is 8.82. The summed E-state index contributed by atoms with van der Waals surface area (Å²) in [4.78, 5) is 22.4. The molecule has 2 atom stereocenters. The monoisotopic (exact) mass is 268 g/mol. The van der Waals surface area contributed by atoms with E-state index in [0.717, 1.165) is 0 Å². The van der Waals surface area contributed by atoms with Crippen LogP contribution in [0.4, 0.5) is 14.9 Å². The fourth-order valence-corrected chi connectivity index (χ4v) is 1.45. The van der Waals surface area contributed by atoms with Crippen molar-refractivity contribution in [1.29, 1.82) is 0 Å². The molecule has 1 aromatic rings. The number of halogens is 1. The number of carboxylic acids is 1. The van der Waals surface area contributed by atoms with Crippen molar-refractivity contribution in [3.63, 3.8) is 0 Å². The van der Waals surface area contributed by atoms with Crippen LogP contribution in [0.2, 0.25) is 0 Å². The average molecular weight is 268 g/mol. The number of nitrogens with one attached hydrogen (secondary N) is 2. The molecule has 1 aromatic carbocycles.